The van der Waals surface area contributed by atoms with Crippen molar-refractivity contribution < 1.29 is 9.18 Å². The van der Waals surface area contributed by atoms with Crippen LogP contribution in [0.3, 0.4) is 0 Å². The van der Waals surface area contributed by atoms with Gasteiger partial charge in [0.1, 0.15) is 0 Å². The minimum atomic E-state index is -0.608. The highest BCUT2D eigenvalue weighted by Gasteiger charge is 2.24. The van der Waals surface area contributed by atoms with E-state index >= 15 is 0 Å². The van der Waals surface area contributed by atoms with E-state index in [0.717, 1.165) is 0 Å². The van der Waals surface area contributed by atoms with Gasteiger partial charge in [0.25, 0.3) is 5.91 Å². The van der Waals surface area contributed by atoms with E-state index in [0.29, 0.717) is 6.54 Å². The second-order valence-corrected chi connectivity index (χ2v) is 5.61. The Morgan fingerprint density at radius 3 is 2.63 bits per heavy atom. The topological polar surface area (TPSA) is 54.0 Å². The van der Waals surface area contributed by atoms with E-state index < -0.39 is 11.7 Å². The number of carbonyl (C=O) groups excluding carboxylic acids is 1. The van der Waals surface area contributed by atoms with E-state index in [9.17, 15) is 9.18 Å². The van der Waals surface area contributed by atoms with Crippen LogP contribution in [0.2, 0.25) is 0 Å². The third kappa shape index (κ3) is 3.91. The number of aromatic nitrogens is 1. The zero-order chi connectivity index (χ0) is 14.6. The summed E-state index contributed by atoms with van der Waals surface area (Å²) in [5.74, 6) is -0.914. The van der Waals surface area contributed by atoms with Crippen LogP contribution in [0.15, 0.2) is 12.3 Å². The first kappa shape index (κ1) is 15.4. The van der Waals surface area contributed by atoms with E-state index in [4.69, 9.17) is 0 Å². The van der Waals surface area contributed by atoms with Crippen molar-refractivity contribution in [1.29, 1.82) is 0 Å². The average Bonchev–Trinajstić information content (AvgIpc) is 2.30. The number of nitrogens with zero attached hydrogens (tertiary/aromatic N) is 1. The maximum absolute atomic E-state index is 14.1. The Balaban J connectivity index is 2.92. The summed E-state index contributed by atoms with van der Waals surface area (Å²) < 4.78 is 14.1. The van der Waals surface area contributed by atoms with Crippen LogP contribution in [0.1, 0.15) is 45.0 Å². The summed E-state index contributed by atoms with van der Waals surface area (Å²) in [6.07, 6.45) is 1.43. The van der Waals surface area contributed by atoms with E-state index in [2.05, 4.69) is 15.6 Å². The smallest absolute Gasteiger partial charge is 0.254 e. The van der Waals surface area contributed by atoms with E-state index in [-0.39, 0.29) is 22.8 Å². The minimum Gasteiger partial charge on any atom is -0.368 e. The Bertz CT molecular complexity index is 454. The highest BCUT2D eigenvalue weighted by atomic mass is 19.1. The molecule has 1 heterocycles. The molecule has 0 radical (unpaired) electrons. The van der Waals surface area contributed by atoms with E-state index in [1.54, 1.807) is 0 Å². The van der Waals surface area contributed by atoms with Gasteiger partial charge in [-0.2, -0.15) is 0 Å². The zero-order valence-electron chi connectivity index (χ0n) is 12.2. The fraction of sp³-hybridized carbons (Fsp3) is 0.571. The molecule has 0 aliphatic heterocycles. The number of anilines is 1. The van der Waals surface area contributed by atoms with Gasteiger partial charge in [-0.3, -0.25) is 4.79 Å². The quantitative estimate of drug-likeness (QED) is 0.882. The Morgan fingerprint density at radius 1 is 1.47 bits per heavy atom. The van der Waals surface area contributed by atoms with Gasteiger partial charge in [0.2, 0.25) is 0 Å². The molecular formula is C14H22FN3O. The van der Waals surface area contributed by atoms with Gasteiger partial charge >= 0.3 is 0 Å². The van der Waals surface area contributed by atoms with Crippen LogP contribution >= 0.6 is 0 Å². The third-order valence-electron chi connectivity index (χ3n) is 3.12. The summed E-state index contributed by atoms with van der Waals surface area (Å²) in [6.45, 7) is 10.4. The van der Waals surface area contributed by atoms with E-state index in [1.807, 2.05) is 34.6 Å². The molecule has 1 amide bonds. The van der Waals surface area contributed by atoms with Crippen LogP contribution in [0.5, 0.6) is 0 Å². The van der Waals surface area contributed by atoms with Crippen molar-refractivity contribution in [1.82, 2.24) is 10.3 Å². The Kier molecular flexibility index (Phi) is 4.86. The Morgan fingerprint density at radius 2 is 2.11 bits per heavy atom. The number of pyridine rings is 1. The van der Waals surface area contributed by atoms with Crippen LogP contribution in [-0.4, -0.2) is 23.5 Å². The lowest BCUT2D eigenvalue weighted by molar-refractivity contribution is 0.0906. The molecular weight excluding hydrogens is 245 g/mol. The highest BCUT2D eigenvalue weighted by molar-refractivity contribution is 5.95. The van der Waals surface area contributed by atoms with Crippen molar-refractivity contribution in [2.45, 2.75) is 40.7 Å². The summed E-state index contributed by atoms with van der Waals surface area (Å²) in [5.41, 5.74) is -0.0639. The molecule has 0 fully saturated rings. The molecule has 0 saturated carbocycles. The van der Waals surface area contributed by atoms with Crippen molar-refractivity contribution in [3.63, 3.8) is 0 Å². The van der Waals surface area contributed by atoms with E-state index in [1.165, 1.54) is 12.3 Å². The van der Waals surface area contributed by atoms with Crippen molar-refractivity contribution >= 4 is 11.7 Å². The zero-order valence-corrected chi connectivity index (χ0v) is 12.2. The molecule has 19 heavy (non-hydrogen) atoms. The molecule has 1 aromatic heterocycles. The SMILES string of the molecule is CCNc1nccc(C(=O)NC(C)C(C)(C)C)c1F. The molecule has 0 aliphatic carbocycles. The molecule has 4 nitrogen and oxygen atoms in total. The molecule has 0 aromatic carbocycles. The molecule has 2 N–H and O–H groups in total. The molecule has 1 rings (SSSR count). The van der Waals surface area contributed by atoms with Gasteiger partial charge in [-0.1, -0.05) is 20.8 Å². The van der Waals surface area contributed by atoms with Crippen molar-refractivity contribution in [3.8, 4) is 0 Å². The van der Waals surface area contributed by atoms with Gasteiger partial charge in [0.05, 0.1) is 5.56 Å². The molecule has 1 unspecified atom stereocenters. The fourth-order valence-corrected chi connectivity index (χ4v) is 1.40. The number of nitrogens with one attached hydrogen (secondary N) is 2. The summed E-state index contributed by atoms with van der Waals surface area (Å²) in [7, 11) is 0. The number of rotatable bonds is 4. The van der Waals surface area contributed by atoms with Crippen LogP contribution in [0.4, 0.5) is 10.2 Å². The van der Waals surface area contributed by atoms with Gasteiger partial charge in [0, 0.05) is 18.8 Å². The first-order valence-electron chi connectivity index (χ1n) is 6.46. The fourth-order valence-electron chi connectivity index (χ4n) is 1.40. The summed E-state index contributed by atoms with van der Waals surface area (Å²) in [5, 5.41) is 5.60. The van der Waals surface area contributed by atoms with Crippen LogP contribution < -0.4 is 10.6 Å². The molecule has 0 saturated heterocycles. The lowest BCUT2D eigenvalue weighted by atomic mass is 9.88. The largest absolute Gasteiger partial charge is 0.368 e. The number of halogens is 1. The van der Waals surface area contributed by atoms with Gasteiger partial charge in [-0.25, -0.2) is 9.37 Å². The highest BCUT2D eigenvalue weighted by Crippen LogP contribution is 2.20. The van der Waals surface area contributed by atoms with Crippen molar-refractivity contribution in [2.75, 3.05) is 11.9 Å². The number of amides is 1. The minimum absolute atomic E-state index is 0.0158. The monoisotopic (exact) mass is 267 g/mol. The normalized spacial score (nSPS) is 12.9. The molecule has 0 spiro atoms. The predicted octanol–water partition coefficient (Wildman–Crippen LogP) is 2.82. The number of hydrogen-bond donors (Lipinski definition) is 2. The van der Waals surface area contributed by atoms with Gasteiger partial charge in [-0.05, 0) is 25.3 Å². The maximum atomic E-state index is 14.1. The molecule has 5 heteroatoms. The molecule has 1 atom stereocenters. The first-order chi connectivity index (χ1) is 8.77. The van der Waals surface area contributed by atoms with Crippen molar-refractivity contribution in [3.05, 3.63) is 23.6 Å². The van der Waals surface area contributed by atoms with Crippen LogP contribution in [0.25, 0.3) is 0 Å². The van der Waals surface area contributed by atoms with Crippen LogP contribution in [0, 0.1) is 11.2 Å². The number of carbonyl (C=O) groups is 1. The van der Waals surface area contributed by atoms with Crippen LogP contribution in [-0.2, 0) is 0 Å². The summed E-state index contributed by atoms with van der Waals surface area (Å²) >= 11 is 0. The maximum Gasteiger partial charge on any atom is 0.254 e. The van der Waals surface area contributed by atoms with Crippen molar-refractivity contribution in [2.24, 2.45) is 5.41 Å². The van der Waals surface area contributed by atoms with Gasteiger partial charge in [-0.15, -0.1) is 0 Å². The Hall–Kier alpha value is -1.65. The summed E-state index contributed by atoms with van der Waals surface area (Å²) in [4.78, 5) is 15.9. The molecule has 0 bridgehead atoms. The van der Waals surface area contributed by atoms with Gasteiger partial charge in [0.15, 0.2) is 11.6 Å². The standard InChI is InChI=1S/C14H22FN3O/c1-6-16-12-11(15)10(7-8-17-12)13(19)18-9(2)14(3,4)5/h7-9H,6H2,1-5H3,(H,16,17)(H,18,19). The Labute approximate surface area is 113 Å². The molecule has 0 aliphatic rings. The molecule has 1 aromatic rings. The lowest BCUT2D eigenvalue weighted by Crippen LogP contribution is -2.41. The average molecular weight is 267 g/mol. The first-order valence-corrected chi connectivity index (χ1v) is 6.46. The number of hydrogen-bond acceptors (Lipinski definition) is 3. The second-order valence-electron chi connectivity index (χ2n) is 5.61. The third-order valence-corrected chi connectivity index (χ3v) is 3.12. The summed E-state index contributed by atoms with van der Waals surface area (Å²) in [6, 6.07) is 1.33. The second kappa shape index (κ2) is 5.99. The molecule has 106 valence electrons. The predicted molar refractivity (Wildman–Crippen MR) is 74.7 cm³/mol. The lowest BCUT2D eigenvalue weighted by Gasteiger charge is -2.28. The van der Waals surface area contributed by atoms with Gasteiger partial charge < -0.3 is 10.6 Å².